The first-order chi connectivity index (χ1) is 9.01. The second kappa shape index (κ2) is 5.44. The van der Waals surface area contributed by atoms with Crippen molar-refractivity contribution in [1.29, 1.82) is 0 Å². The van der Waals surface area contributed by atoms with E-state index >= 15 is 0 Å². The number of hydrogen-bond donors (Lipinski definition) is 1. The van der Waals surface area contributed by atoms with Gasteiger partial charge in [-0.1, -0.05) is 11.6 Å². The maximum absolute atomic E-state index is 6.03. The number of rotatable bonds is 4. The molecule has 0 fully saturated rings. The first-order valence-electron chi connectivity index (χ1n) is 5.82. The van der Waals surface area contributed by atoms with Crippen LogP contribution in [0, 0.1) is 13.8 Å². The fraction of sp³-hybridized carbons (Fsp3) is 0.417. The summed E-state index contributed by atoms with van der Waals surface area (Å²) in [5, 5.41) is 7.90. The summed E-state index contributed by atoms with van der Waals surface area (Å²) in [6, 6.07) is 2.27. The predicted molar refractivity (Wildman–Crippen MR) is 73.6 cm³/mol. The minimum Gasteiger partial charge on any atom is -0.467 e. The Morgan fingerprint density at radius 1 is 1.37 bits per heavy atom. The van der Waals surface area contributed by atoms with Crippen LogP contribution in [-0.2, 0) is 13.6 Å². The van der Waals surface area contributed by atoms with E-state index in [1.165, 1.54) is 7.11 Å². The van der Waals surface area contributed by atoms with E-state index < -0.39 is 0 Å². The number of nitrogens with one attached hydrogen (secondary N) is 1. The summed E-state index contributed by atoms with van der Waals surface area (Å²) < 4.78 is 6.84. The normalized spacial score (nSPS) is 10.6. The average Bonchev–Trinajstić information content (AvgIpc) is 2.69. The van der Waals surface area contributed by atoms with Gasteiger partial charge in [-0.2, -0.15) is 15.1 Å². The number of aromatic nitrogens is 4. The number of anilines is 1. The summed E-state index contributed by atoms with van der Waals surface area (Å²) in [4.78, 5) is 8.25. The van der Waals surface area contributed by atoms with Crippen LogP contribution in [0.3, 0.4) is 0 Å². The molecule has 0 unspecified atom stereocenters. The Kier molecular flexibility index (Phi) is 3.90. The van der Waals surface area contributed by atoms with E-state index in [0.717, 1.165) is 17.0 Å². The molecule has 0 radical (unpaired) electrons. The lowest BCUT2D eigenvalue weighted by Crippen LogP contribution is -2.09. The molecular weight excluding hydrogens is 266 g/mol. The van der Waals surface area contributed by atoms with Crippen LogP contribution < -0.4 is 10.1 Å². The molecule has 0 aromatic carbocycles. The van der Waals surface area contributed by atoms with Gasteiger partial charge in [0, 0.05) is 12.6 Å². The van der Waals surface area contributed by atoms with Gasteiger partial charge in [0.25, 0.3) is 0 Å². The first-order valence-corrected chi connectivity index (χ1v) is 6.20. The second-order valence-corrected chi connectivity index (χ2v) is 4.59. The summed E-state index contributed by atoms with van der Waals surface area (Å²) in [5.74, 6) is 0.663. The lowest BCUT2D eigenvalue weighted by molar-refractivity contribution is 0.380. The standard InChI is InChI=1S/C12H16ClN5O/c1-7-5-9(18(3)17-7)6-14-11-8(2)10(13)15-12(16-11)19-4/h5H,6H2,1-4H3,(H,14,15,16). The highest BCUT2D eigenvalue weighted by molar-refractivity contribution is 6.30. The molecule has 6 nitrogen and oxygen atoms in total. The molecule has 0 atom stereocenters. The molecule has 0 aliphatic carbocycles. The maximum atomic E-state index is 6.03. The van der Waals surface area contributed by atoms with E-state index in [0.29, 0.717) is 17.5 Å². The highest BCUT2D eigenvalue weighted by Crippen LogP contribution is 2.22. The van der Waals surface area contributed by atoms with Gasteiger partial charge in [-0.3, -0.25) is 4.68 Å². The summed E-state index contributed by atoms with van der Waals surface area (Å²) in [6.07, 6.45) is 0. The minimum absolute atomic E-state index is 0.249. The van der Waals surface area contributed by atoms with Crippen molar-refractivity contribution in [2.24, 2.45) is 7.05 Å². The van der Waals surface area contributed by atoms with Crippen LogP contribution in [0.2, 0.25) is 5.15 Å². The fourth-order valence-electron chi connectivity index (χ4n) is 1.74. The molecule has 0 saturated carbocycles. The van der Waals surface area contributed by atoms with Gasteiger partial charge in [-0.25, -0.2) is 0 Å². The summed E-state index contributed by atoms with van der Waals surface area (Å²) in [5.41, 5.74) is 2.83. The highest BCUT2D eigenvalue weighted by atomic mass is 35.5. The molecule has 0 aliphatic rings. The van der Waals surface area contributed by atoms with Crippen LogP contribution in [0.5, 0.6) is 6.01 Å². The van der Waals surface area contributed by atoms with Crippen LogP contribution in [0.4, 0.5) is 5.82 Å². The molecule has 2 rings (SSSR count). The zero-order chi connectivity index (χ0) is 14.0. The van der Waals surface area contributed by atoms with E-state index in [1.54, 1.807) is 0 Å². The Hall–Kier alpha value is -1.82. The molecule has 0 amide bonds. The zero-order valence-corrected chi connectivity index (χ0v) is 12.1. The third-order valence-corrected chi connectivity index (χ3v) is 3.15. The SMILES string of the molecule is COc1nc(Cl)c(C)c(NCc2cc(C)nn2C)n1. The molecular formula is C12H16ClN5O. The molecule has 0 spiro atoms. The van der Waals surface area contributed by atoms with Crippen molar-refractivity contribution in [1.82, 2.24) is 19.7 Å². The van der Waals surface area contributed by atoms with Gasteiger partial charge in [0.15, 0.2) is 0 Å². The topological polar surface area (TPSA) is 64.9 Å². The monoisotopic (exact) mass is 281 g/mol. The maximum Gasteiger partial charge on any atom is 0.319 e. The van der Waals surface area contributed by atoms with Gasteiger partial charge in [0.2, 0.25) is 0 Å². The molecule has 2 aromatic heterocycles. The summed E-state index contributed by atoms with van der Waals surface area (Å²) >= 11 is 6.03. The largest absolute Gasteiger partial charge is 0.467 e. The van der Waals surface area contributed by atoms with Crippen molar-refractivity contribution in [2.45, 2.75) is 20.4 Å². The van der Waals surface area contributed by atoms with Crippen molar-refractivity contribution >= 4 is 17.4 Å². The number of nitrogens with zero attached hydrogens (tertiary/aromatic N) is 4. The zero-order valence-electron chi connectivity index (χ0n) is 11.4. The molecule has 2 aromatic rings. The van der Waals surface area contributed by atoms with Crippen molar-refractivity contribution in [2.75, 3.05) is 12.4 Å². The number of ether oxygens (including phenoxy) is 1. The Bertz CT molecular complexity index is 596. The van der Waals surface area contributed by atoms with Gasteiger partial charge in [-0.05, 0) is 19.9 Å². The van der Waals surface area contributed by atoms with Crippen molar-refractivity contribution in [3.8, 4) is 6.01 Å². The van der Waals surface area contributed by atoms with Gasteiger partial charge in [-0.15, -0.1) is 0 Å². The Labute approximate surface area is 116 Å². The predicted octanol–water partition coefficient (Wildman–Crippen LogP) is 2.10. The average molecular weight is 282 g/mol. The number of aryl methyl sites for hydroxylation is 2. The molecule has 102 valence electrons. The van der Waals surface area contributed by atoms with Crippen LogP contribution in [0.15, 0.2) is 6.07 Å². The lowest BCUT2D eigenvalue weighted by atomic mass is 10.3. The quantitative estimate of drug-likeness (QED) is 0.870. The number of hydrogen-bond acceptors (Lipinski definition) is 5. The Balaban J connectivity index is 2.19. The van der Waals surface area contributed by atoms with Crippen molar-refractivity contribution in [3.63, 3.8) is 0 Å². The van der Waals surface area contributed by atoms with Crippen LogP contribution in [0.1, 0.15) is 17.0 Å². The fourth-order valence-corrected chi connectivity index (χ4v) is 1.90. The van der Waals surface area contributed by atoms with E-state index in [4.69, 9.17) is 16.3 Å². The van der Waals surface area contributed by atoms with Crippen LogP contribution >= 0.6 is 11.6 Å². The van der Waals surface area contributed by atoms with E-state index in [9.17, 15) is 0 Å². The smallest absolute Gasteiger partial charge is 0.319 e. The molecule has 19 heavy (non-hydrogen) atoms. The van der Waals surface area contributed by atoms with Gasteiger partial charge < -0.3 is 10.1 Å². The summed E-state index contributed by atoms with van der Waals surface area (Å²) in [7, 11) is 3.42. The molecule has 2 heterocycles. The Morgan fingerprint density at radius 3 is 2.68 bits per heavy atom. The first kappa shape index (κ1) is 13.6. The van der Waals surface area contributed by atoms with E-state index in [2.05, 4.69) is 20.4 Å². The summed E-state index contributed by atoms with van der Waals surface area (Å²) in [6.45, 7) is 4.42. The number of halogens is 1. The van der Waals surface area contributed by atoms with Gasteiger partial charge in [0.1, 0.15) is 11.0 Å². The molecule has 1 N–H and O–H groups in total. The molecule has 7 heteroatoms. The molecule has 0 saturated heterocycles. The lowest BCUT2D eigenvalue weighted by Gasteiger charge is -2.10. The van der Waals surface area contributed by atoms with E-state index in [-0.39, 0.29) is 6.01 Å². The van der Waals surface area contributed by atoms with Crippen LogP contribution in [0.25, 0.3) is 0 Å². The van der Waals surface area contributed by atoms with Crippen molar-refractivity contribution in [3.05, 3.63) is 28.2 Å². The molecule has 0 aliphatic heterocycles. The third-order valence-electron chi connectivity index (χ3n) is 2.78. The van der Waals surface area contributed by atoms with Gasteiger partial charge in [0.05, 0.1) is 25.0 Å². The molecule has 0 bridgehead atoms. The minimum atomic E-state index is 0.249. The van der Waals surface area contributed by atoms with E-state index in [1.807, 2.05) is 31.6 Å². The van der Waals surface area contributed by atoms with Gasteiger partial charge >= 0.3 is 6.01 Å². The number of methoxy groups -OCH3 is 1. The highest BCUT2D eigenvalue weighted by Gasteiger charge is 2.10. The second-order valence-electron chi connectivity index (χ2n) is 4.23. The third kappa shape index (κ3) is 2.96. The van der Waals surface area contributed by atoms with Crippen molar-refractivity contribution < 1.29 is 4.74 Å². The Morgan fingerprint density at radius 2 is 2.11 bits per heavy atom. The van der Waals surface area contributed by atoms with Crippen LogP contribution in [-0.4, -0.2) is 26.9 Å².